The Balaban J connectivity index is 2.03. The van der Waals surface area contributed by atoms with E-state index in [-0.39, 0.29) is 35.4 Å². The lowest BCUT2D eigenvalue weighted by molar-refractivity contribution is -0.118. The van der Waals surface area contributed by atoms with Crippen LogP contribution < -0.4 is 15.4 Å². The van der Waals surface area contributed by atoms with Gasteiger partial charge in [0.1, 0.15) is 5.75 Å². The van der Waals surface area contributed by atoms with Crippen LogP contribution in [0.3, 0.4) is 0 Å². The van der Waals surface area contributed by atoms with E-state index in [1.54, 1.807) is 19.9 Å². The van der Waals surface area contributed by atoms with Crippen molar-refractivity contribution < 1.29 is 23.1 Å². The summed E-state index contributed by atoms with van der Waals surface area (Å²) in [6.07, 6.45) is 0.0288. The third-order valence-electron chi connectivity index (χ3n) is 3.90. The monoisotopic (exact) mass is 417 g/mol. The van der Waals surface area contributed by atoms with Gasteiger partial charge in [-0.15, -0.1) is 0 Å². The maximum absolute atomic E-state index is 12.6. The van der Waals surface area contributed by atoms with E-state index in [9.17, 15) is 23.1 Å². The van der Waals surface area contributed by atoms with Crippen molar-refractivity contribution >= 4 is 33.2 Å². The second-order valence-electron chi connectivity index (χ2n) is 6.47. The highest BCUT2D eigenvalue weighted by molar-refractivity contribution is 7.92. The van der Waals surface area contributed by atoms with Gasteiger partial charge < -0.3 is 15.7 Å². The second kappa shape index (κ2) is 9.24. The lowest BCUT2D eigenvalue weighted by Crippen LogP contribution is -2.27. The Morgan fingerprint density at radius 1 is 1.10 bits per heavy atom. The minimum Gasteiger partial charge on any atom is -0.508 e. The first-order valence-corrected chi connectivity index (χ1v) is 10.2. The van der Waals surface area contributed by atoms with Crippen molar-refractivity contribution in [3.63, 3.8) is 0 Å². The lowest BCUT2D eigenvalue weighted by Gasteiger charge is -2.11. The van der Waals surface area contributed by atoms with Gasteiger partial charge in [0.05, 0.1) is 4.90 Å². The van der Waals surface area contributed by atoms with Crippen LogP contribution >= 0.6 is 0 Å². The van der Waals surface area contributed by atoms with Crippen LogP contribution in [0.15, 0.2) is 59.5 Å². The zero-order valence-electron chi connectivity index (χ0n) is 16.2. The van der Waals surface area contributed by atoms with Gasteiger partial charge >= 0.3 is 0 Å². The van der Waals surface area contributed by atoms with E-state index in [4.69, 9.17) is 0 Å². The van der Waals surface area contributed by atoms with Crippen LogP contribution in [0, 0.1) is 6.92 Å². The second-order valence-corrected chi connectivity index (χ2v) is 8.15. The predicted octanol–water partition coefficient (Wildman–Crippen LogP) is 2.52. The lowest BCUT2D eigenvalue weighted by atomic mass is 10.2. The minimum absolute atomic E-state index is 0.0288. The number of carbonyl (C=O) groups is 2. The van der Waals surface area contributed by atoms with Gasteiger partial charge in [0.15, 0.2) is 0 Å². The largest absolute Gasteiger partial charge is 0.508 e. The van der Waals surface area contributed by atoms with Crippen LogP contribution in [0.1, 0.15) is 18.9 Å². The Morgan fingerprint density at radius 3 is 2.48 bits per heavy atom. The van der Waals surface area contributed by atoms with Gasteiger partial charge in [-0.25, -0.2) is 8.42 Å². The molecule has 0 aromatic heterocycles. The molecule has 2 aromatic rings. The van der Waals surface area contributed by atoms with Crippen molar-refractivity contribution in [2.45, 2.75) is 25.2 Å². The highest BCUT2D eigenvalue weighted by Gasteiger charge is 2.16. The van der Waals surface area contributed by atoms with E-state index in [1.807, 2.05) is 0 Å². The number of phenols is 1. The number of aromatic hydroxyl groups is 1. The van der Waals surface area contributed by atoms with Crippen molar-refractivity contribution in [1.29, 1.82) is 0 Å². The molecule has 0 aliphatic heterocycles. The molecule has 154 valence electrons. The normalized spacial score (nSPS) is 10.8. The van der Waals surface area contributed by atoms with E-state index >= 15 is 0 Å². The summed E-state index contributed by atoms with van der Waals surface area (Å²) in [5.74, 6) is -0.637. The zero-order valence-corrected chi connectivity index (χ0v) is 17.0. The minimum atomic E-state index is -3.89. The van der Waals surface area contributed by atoms with E-state index < -0.39 is 10.0 Å². The molecule has 0 atom stereocenters. The first kappa shape index (κ1) is 22.0. The molecule has 2 aromatic carbocycles. The molecule has 0 saturated heterocycles. The van der Waals surface area contributed by atoms with Gasteiger partial charge in [-0.3, -0.25) is 14.3 Å². The molecule has 0 unspecified atom stereocenters. The van der Waals surface area contributed by atoms with Crippen LogP contribution in [0.2, 0.25) is 0 Å². The number of benzene rings is 2. The Bertz CT molecular complexity index is 1050. The fraction of sp³-hybridized carbons (Fsp3) is 0.200. The van der Waals surface area contributed by atoms with Crippen molar-refractivity contribution in [1.82, 2.24) is 5.32 Å². The van der Waals surface area contributed by atoms with Crippen LogP contribution in [-0.2, 0) is 19.6 Å². The Kier molecular flexibility index (Phi) is 7.00. The Morgan fingerprint density at radius 2 is 1.83 bits per heavy atom. The number of rotatable bonds is 8. The summed E-state index contributed by atoms with van der Waals surface area (Å²) in [4.78, 5) is 23.4. The Labute approximate surface area is 169 Å². The number of hydrogen-bond acceptors (Lipinski definition) is 5. The topological polar surface area (TPSA) is 125 Å². The molecular formula is C20H23N3O5S. The summed E-state index contributed by atoms with van der Waals surface area (Å²) in [5, 5.41) is 14.7. The highest BCUT2D eigenvalue weighted by Crippen LogP contribution is 2.23. The van der Waals surface area contributed by atoms with Crippen molar-refractivity contribution in [2.75, 3.05) is 16.6 Å². The first-order chi connectivity index (χ1) is 13.6. The summed E-state index contributed by atoms with van der Waals surface area (Å²) < 4.78 is 27.6. The van der Waals surface area contributed by atoms with Gasteiger partial charge in [0, 0.05) is 29.9 Å². The molecule has 2 amide bonds. The summed E-state index contributed by atoms with van der Waals surface area (Å²) in [7, 11) is -3.89. The van der Waals surface area contributed by atoms with E-state index in [1.165, 1.54) is 36.4 Å². The maximum atomic E-state index is 12.6. The van der Waals surface area contributed by atoms with Crippen LogP contribution in [0.25, 0.3) is 0 Å². The van der Waals surface area contributed by atoms with Gasteiger partial charge in [-0.2, -0.15) is 0 Å². The number of aryl methyl sites for hydroxylation is 1. The first-order valence-electron chi connectivity index (χ1n) is 8.74. The predicted molar refractivity (Wildman–Crippen MR) is 111 cm³/mol. The molecule has 0 heterocycles. The zero-order chi connectivity index (χ0) is 21.6. The number of amides is 2. The molecule has 0 radical (unpaired) electrons. The molecule has 0 fully saturated rings. The van der Waals surface area contributed by atoms with Crippen LogP contribution in [0.5, 0.6) is 5.75 Å². The molecule has 0 aliphatic carbocycles. The van der Waals surface area contributed by atoms with Gasteiger partial charge in [-0.05, 0) is 55.8 Å². The summed E-state index contributed by atoms with van der Waals surface area (Å²) in [6, 6.07) is 10.2. The molecule has 0 saturated carbocycles. The van der Waals surface area contributed by atoms with Crippen molar-refractivity contribution in [3.8, 4) is 5.75 Å². The number of phenolic OH excluding ortho intramolecular Hbond substituents is 1. The van der Waals surface area contributed by atoms with Crippen LogP contribution in [0.4, 0.5) is 11.4 Å². The molecule has 29 heavy (non-hydrogen) atoms. The number of carbonyl (C=O) groups excluding carboxylic acids is 2. The number of anilines is 2. The van der Waals surface area contributed by atoms with Gasteiger partial charge in [0.2, 0.25) is 11.8 Å². The Hall–Kier alpha value is -3.33. The smallest absolute Gasteiger partial charge is 0.261 e. The van der Waals surface area contributed by atoms with Gasteiger partial charge in [0.25, 0.3) is 10.0 Å². The third kappa shape index (κ3) is 6.35. The van der Waals surface area contributed by atoms with E-state index in [0.717, 1.165) is 0 Å². The van der Waals surface area contributed by atoms with Crippen LogP contribution in [-0.4, -0.2) is 31.9 Å². The maximum Gasteiger partial charge on any atom is 0.261 e. The number of nitrogens with one attached hydrogen (secondary N) is 3. The molecule has 2 rings (SSSR count). The average Bonchev–Trinajstić information content (AvgIpc) is 2.64. The summed E-state index contributed by atoms with van der Waals surface area (Å²) in [5.41, 5.74) is 1.50. The molecule has 0 spiro atoms. The van der Waals surface area contributed by atoms with E-state index in [2.05, 4.69) is 21.9 Å². The van der Waals surface area contributed by atoms with Gasteiger partial charge in [-0.1, -0.05) is 12.6 Å². The molecule has 0 bridgehead atoms. The summed E-state index contributed by atoms with van der Waals surface area (Å²) >= 11 is 0. The third-order valence-corrected chi connectivity index (χ3v) is 5.28. The number of sulfonamides is 1. The van der Waals surface area contributed by atoms with Crippen molar-refractivity contribution in [2.24, 2.45) is 0 Å². The van der Waals surface area contributed by atoms with Crippen molar-refractivity contribution in [3.05, 3.63) is 60.2 Å². The fourth-order valence-corrected chi connectivity index (χ4v) is 3.43. The van der Waals surface area contributed by atoms with E-state index in [0.29, 0.717) is 22.5 Å². The molecule has 4 N–H and O–H groups in total. The summed E-state index contributed by atoms with van der Waals surface area (Å²) in [6.45, 7) is 6.86. The molecule has 8 nitrogen and oxygen atoms in total. The average molecular weight is 417 g/mol. The fourth-order valence-electron chi connectivity index (χ4n) is 2.34. The molecular weight excluding hydrogens is 394 g/mol. The molecule has 9 heteroatoms. The quantitative estimate of drug-likeness (QED) is 0.388. The highest BCUT2D eigenvalue weighted by atomic mass is 32.2. The molecule has 0 aliphatic rings. The standard InChI is InChI=1S/C20H23N3O5S/c1-13(2)20(26)21-10-9-19(25)22-15-5-4-6-17(12-15)29(27,28)23-16-7-8-18(24)14(3)11-16/h4-8,11-12,23-24H,1,9-10H2,2-3H3,(H,21,26)(H,22,25). The SMILES string of the molecule is C=C(C)C(=O)NCCC(=O)Nc1cccc(S(=O)(=O)Nc2ccc(O)c(C)c2)c1. The number of hydrogen-bond donors (Lipinski definition) is 4.